The number of fused-ring (bicyclic) bond motifs is 1. The number of hydrogen-bond acceptors (Lipinski definition) is 6. The molecule has 7 heteroatoms. The molecule has 2 heterocycles. The first kappa shape index (κ1) is 16.0. The molecule has 1 fully saturated rings. The number of amides is 1. The van der Waals surface area contributed by atoms with Crippen molar-refractivity contribution in [2.24, 2.45) is 0 Å². The van der Waals surface area contributed by atoms with Crippen LogP contribution in [0.15, 0.2) is 42.5 Å². The van der Waals surface area contributed by atoms with E-state index >= 15 is 0 Å². The topological polar surface area (TPSA) is 67.4 Å². The zero-order chi connectivity index (χ0) is 17.1. The molecule has 0 unspecified atom stereocenters. The van der Waals surface area contributed by atoms with Gasteiger partial charge in [0, 0.05) is 25.3 Å². The van der Waals surface area contributed by atoms with E-state index in [1.54, 1.807) is 6.07 Å². The summed E-state index contributed by atoms with van der Waals surface area (Å²) in [6.45, 7) is 3.79. The first-order valence-electron chi connectivity index (χ1n) is 8.22. The molecule has 6 nitrogen and oxygen atoms in total. The number of carbonyl (C=O) groups excluding carboxylic acids is 1. The lowest BCUT2D eigenvalue weighted by Crippen LogP contribution is -2.36. The fraction of sp³-hybridized carbons (Fsp3) is 0.278. The highest BCUT2D eigenvalue weighted by Crippen LogP contribution is 2.19. The predicted octanol–water partition coefficient (Wildman–Crippen LogP) is 2.46. The molecular formula is C18H18N4O2S. The third kappa shape index (κ3) is 3.47. The summed E-state index contributed by atoms with van der Waals surface area (Å²) in [6.07, 6.45) is 0. The monoisotopic (exact) mass is 354 g/mol. The summed E-state index contributed by atoms with van der Waals surface area (Å²) in [5, 5.41) is 2.98. The maximum absolute atomic E-state index is 12.5. The molecule has 1 aliphatic heterocycles. The van der Waals surface area contributed by atoms with Crippen LogP contribution in [0.3, 0.4) is 0 Å². The smallest absolute Gasteiger partial charge is 0.253 e. The van der Waals surface area contributed by atoms with Crippen molar-refractivity contribution >= 4 is 34.4 Å². The second-order valence-corrected chi connectivity index (χ2v) is 6.42. The lowest BCUT2D eigenvalue weighted by molar-refractivity contribution is 0.0952. The zero-order valence-electron chi connectivity index (χ0n) is 13.6. The number of carbonyl (C=O) groups is 1. The summed E-state index contributed by atoms with van der Waals surface area (Å²) in [5.41, 5.74) is 4.22. The van der Waals surface area contributed by atoms with Crippen LogP contribution in [-0.2, 0) is 11.3 Å². The molecule has 0 spiro atoms. The third-order valence-corrected chi connectivity index (χ3v) is 4.81. The standard InChI is InChI=1S/C18H18N4O2S/c23-18(15-5-2-6-16-17(15)21-25-20-16)19-12-13-3-1-4-14(11-13)22-7-9-24-10-8-22/h1-6,11H,7-10,12H2,(H,19,23). The van der Waals surface area contributed by atoms with Gasteiger partial charge in [0.05, 0.1) is 30.5 Å². The van der Waals surface area contributed by atoms with E-state index < -0.39 is 0 Å². The first-order valence-corrected chi connectivity index (χ1v) is 8.95. The van der Waals surface area contributed by atoms with Gasteiger partial charge >= 0.3 is 0 Å². The van der Waals surface area contributed by atoms with Gasteiger partial charge in [-0.15, -0.1) is 0 Å². The Hall–Kier alpha value is -2.51. The molecule has 1 amide bonds. The SMILES string of the molecule is O=C(NCc1cccc(N2CCOCC2)c1)c1cccc2nsnc12. The number of benzene rings is 2. The number of anilines is 1. The van der Waals surface area contributed by atoms with E-state index in [4.69, 9.17) is 4.74 Å². The molecule has 3 aromatic rings. The van der Waals surface area contributed by atoms with Crippen molar-refractivity contribution in [2.75, 3.05) is 31.2 Å². The molecule has 0 radical (unpaired) electrons. The van der Waals surface area contributed by atoms with E-state index in [2.05, 4.69) is 31.1 Å². The maximum atomic E-state index is 12.5. The van der Waals surface area contributed by atoms with Crippen molar-refractivity contribution < 1.29 is 9.53 Å². The average molecular weight is 354 g/mol. The number of hydrogen-bond donors (Lipinski definition) is 1. The average Bonchev–Trinajstić information content (AvgIpc) is 3.16. The van der Waals surface area contributed by atoms with Gasteiger partial charge in [0.2, 0.25) is 0 Å². The van der Waals surface area contributed by atoms with Crippen LogP contribution in [0.2, 0.25) is 0 Å². The summed E-state index contributed by atoms with van der Waals surface area (Å²) >= 11 is 1.12. The Bertz CT molecular complexity index is 889. The predicted molar refractivity (Wildman–Crippen MR) is 98.1 cm³/mol. The summed E-state index contributed by atoms with van der Waals surface area (Å²) < 4.78 is 13.8. The molecule has 25 heavy (non-hydrogen) atoms. The fourth-order valence-corrected chi connectivity index (χ4v) is 3.50. The van der Waals surface area contributed by atoms with E-state index in [9.17, 15) is 4.79 Å². The van der Waals surface area contributed by atoms with Gasteiger partial charge in [0.15, 0.2) is 0 Å². The maximum Gasteiger partial charge on any atom is 0.253 e. The van der Waals surface area contributed by atoms with Crippen molar-refractivity contribution in [1.29, 1.82) is 0 Å². The molecule has 128 valence electrons. The Morgan fingerprint density at radius 1 is 1.16 bits per heavy atom. The van der Waals surface area contributed by atoms with Crippen LogP contribution in [0, 0.1) is 0 Å². The van der Waals surface area contributed by atoms with Gasteiger partial charge in [-0.3, -0.25) is 4.79 Å². The van der Waals surface area contributed by atoms with E-state index in [0.717, 1.165) is 49.1 Å². The lowest BCUT2D eigenvalue weighted by Gasteiger charge is -2.29. The van der Waals surface area contributed by atoms with Crippen molar-refractivity contribution in [3.63, 3.8) is 0 Å². The van der Waals surface area contributed by atoms with E-state index in [-0.39, 0.29) is 5.91 Å². The molecule has 1 saturated heterocycles. The molecule has 1 aromatic heterocycles. The highest BCUT2D eigenvalue weighted by Gasteiger charge is 2.14. The molecule has 2 aromatic carbocycles. The number of nitrogens with zero attached hydrogens (tertiary/aromatic N) is 3. The van der Waals surface area contributed by atoms with Crippen molar-refractivity contribution in [2.45, 2.75) is 6.54 Å². The summed E-state index contributed by atoms with van der Waals surface area (Å²) in [5.74, 6) is -0.130. The first-order chi connectivity index (χ1) is 12.3. The summed E-state index contributed by atoms with van der Waals surface area (Å²) in [6, 6.07) is 13.7. The highest BCUT2D eigenvalue weighted by molar-refractivity contribution is 7.00. The van der Waals surface area contributed by atoms with Gasteiger partial charge in [0.1, 0.15) is 11.0 Å². The molecule has 0 saturated carbocycles. The summed E-state index contributed by atoms with van der Waals surface area (Å²) in [4.78, 5) is 14.8. The molecular weight excluding hydrogens is 336 g/mol. The molecule has 0 aliphatic carbocycles. The van der Waals surface area contributed by atoms with Crippen LogP contribution < -0.4 is 10.2 Å². The second-order valence-electron chi connectivity index (χ2n) is 5.89. The molecule has 0 atom stereocenters. The van der Waals surface area contributed by atoms with Gasteiger partial charge in [-0.1, -0.05) is 18.2 Å². The van der Waals surface area contributed by atoms with Crippen LogP contribution in [-0.4, -0.2) is 41.0 Å². The Balaban J connectivity index is 1.46. The molecule has 1 N–H and O–H groups in total. The van der Waals surface area contributed by atoms with Crippen molar-refractivity contribution in [3.8, 4) is 0 Å². The fourth-order valence-electron chi connectivity index (χ4n) is 2.95. The Kier molecular flexibility index (Phi) is 4.58. The van der Waals surface area contributed by atoms with Gasteiger partial charge in [-0.2, -0.15) is 8.75 Å². The number of morpholine rings is 1. The minimum Gasteiger partial charge on any atom is -0.378 e. The van der Waals surface area contributed by atoms with Crippen LogP contribution in [0.4, 0.5) is 5.69 Å². The van der Waals surface area contributed by atoms with E-state index in [0.29, 0.717) is 17.6 Å². The lowest BCUT2D eigenvalue weighted by atomic mass is 10.1. The van der Waals surface area contributed by atoms with Crippen LogP contribution in [0.25, 0.3) is 11.0 Å². The quantitative estimate of drug-likeness (QED) is 0.779. The van der Waals surface area contributed by atoms with Crippen LogP contribution in [0.5, 0.6) is 0 Å². The third-order valence-electron chi connectivity index (χ3n) is 4.27. The molecule has 1 aliphatic rings. The largest absolute Gasteiger partial charge is 0.378 e. The minimum atomic E-state index is -0.130. The minimum absolute atomic E-state index is 0.130. The normalized spacial score (nSPS) is 14.6. The summed E-state index contributed by atoms with van der Waals surface area (Å²) in [7, 11) is 0. The Morgan fingerprint density at radius 3 is 2.88 bits per heavy atom. The second kappa shape index (κ2) is 7.16. The van der Waals surface area contributed by atoms with Gasteiger partial charge in [-0.05, 0) is 29.8 Å². The number of nitrogens with one attached hydrogen (secondary N) is 1. The number of ether oxygens (including phenoxy) is 1. The number of aromatic nitrogens is 2. The highest BCUT2D eigenvalue weighted by atomic mass is 32.1. The molecule has 0 bridgehead atoms. The molecule has 4 rings (SSSR count). The zero-order valence-corrected chi connectivity index (χ0v) is 14.5. The number of rotatable bonds is 4. The van der Waals surface area contributed by atoms with E-state index in [1.165, 1.54) is 5.69 Å². The van der Waals surface area contributed by atoms with Crippen molar-refractivity contribution in [3.05, 3.63) is 53.6 Å². The van der Waals surface area contributed by atoms with Gasteiger partial charge < -0.3 is 15.0 Å². The van der Waals surface area contributed by atoms with E-state index in [1.807, 2.05) is 24.3 Å². The van der Waals surface area contributed by atoms with Crippen molar-refractivity contribution in [1.82, 2.24) is 14.1 Å². The Labute approximate surface area is 149 Å². The van der Waals surface area contributed by atoms with Crippen LogP contribution >= 0.6 is 11.7 Å². The van der Waals surface area contributed by atoms with Gasteiger partial charge in [-0.25, -0.2) is 0 Å². The van der Waals surface area contributed by atoms with Crippen LogP contribution in [0.1, 0.15) is 15.9 Å². The van der Waals surface area contributed by atoms with Gasteiger partial charge in [0.25, 0.3) is 5.91 Å². The Morgan fingerprint density at radius 2 is 2.00 bits per heavy atom.